The fourth-order valence-corrected chi connectivity index (χ4v) is 5.30. The molecule has 30 heavy (non-hydrogen) atoms. The monoisotopic (exact) mass is 413 g/mol. The van der Waals surface area contributed by atoms with E-state index >= 15 is 0 Å². The number of likely N-dealkylation sites (N-methyl/N-ethyl adjacent to an activating group) is 1. The van der Waals surface area contributed by atoms with E-state index in [2.05, 4.69) is 31.0 Å². The van der Waals surface area contributed by atoms with Gasteiger partial charge in [0.1, 0.15) is 17.9 Å². The predicted molar refractivity (Wildman–Crippen MR) is 112 cm³/mol. The van der Waals surface area contributed by atoms with Crippen LogP contribution < -0.4 is 10.1 Å². The van der Waals surface area contributed by atoms with Crippen molar-refractivity contribution in [2.24, 2.45) is 5.92 Å². The number of amides is 3. The van der Waals surface area contributed by atoms with E-state index in [0.29, 0.717) is 30.5 Å². The fraction of sp³-hybridized carbons (Fsp3) is 0.609. The van der Waals surface area contributed by atoms with Gasteiger partial charge in [0, 0.05) is 24.6 Å². The molecule has 0 bridgehead atoms. The second kappa shape index (κ2) is 8.38. The molecule has 3 aliphatic rings. The first-order valence-electron chi connectivity index (χ1n) is 11.1. The lowest BCUT2D eigenvalue weighted by molar-refractivity contribution is -0.136. The number of fused-ring (bicyclic) bond motifs is 1. The second-order valence-electron chi connectivity index (χ2n) is 8.64. The zero-order chi connectivity index (χ0) is 21.4. The van der Waals surface area contributed by atoms with Crippen LogP contribution in [0, 0.1) is 5.92 Å². The topological polar surface area (TPSA) is 79.0 Å². The normalized spacial score (nSPS) is 28.8. The van der Waals surface area contributed by atoms with Crippen molar-refractivity contribution in [2.45, 2.75) is 71.2 Å². The van der Waals surface area contributed by atoms with E-state index in [9.17, 15) is 14.4 Å². The van der Waals surface area contributed by atoms with Gasteiger partial charge in [-0.05, 0) is 62.0 Å². The van der Waals surface area contributed by atoms with Crippen molar-refractivity contribution in [2.75, 3.05) is 13.1 Å². The standard InChI is InChI=1S/C23H31N3O4/c1-4-25(5-2)21-14(3)6-10-19(21)30-16-7-8-17-15(12-16)13-26(23(17)29)18-9-11-20(27)24-22(18)28/h7-8,12,14,18-19,21H,4-6,9-11,13H2,1-3H3,(H,24,27,28). The molecule has 0 spiro atoms. The maximum Gasteiger partial charge on any atom is 0.255 e. The number of nitrogens with one attached hydrogen (secondary N) is 1. The van der Waals surface area contributed by atoms with Crippen LogP contribution in [-0.2, 0) is 16.1 Å². The zero-order valence-corrected chi connectivity index (χ0v) is 18.0. The largest absolute Gasteiger partial charge is 0.489 e. The highest BCUT2D eigenvalue weighted by Crippen LogP contribution is 2.35. The zero-order valence-electron chi connectivity index (χ0n) is 18.0. The van der Waals surface area contributed by atoms with Crippen molar-refractivity contribution in [1.82, 2.24) is 15.1 Å². The summed E-state index contributed by atoms with van der Waals surface area (Å²) in [6, 6.07) is 5.43. The first-order valence-corrected chi connectivity index (χ1v) is 11.1. The van der Waals surface area contributed by atoms with E-state index in [-0.39, 0.29) is 30.2 Å². The lowest BCUT2D eigenvalue weighted by Gasteiger charge is -2.34. The molecule has 4 unspecified atom stereocenters. The summed E-state index contributed by atoms with van der Waals surface area (Å²) in [5, 5.41) is 2.34. The van der Waals surface area contributed by atoms with Crippen LogP contribution >= 0.6 is 0 Å². The van der Waals surface area contributed by atoms with Crippen molar-refractivity contribution in [3.8, 4) is 5.75 Å². The second-order valence-corrected chi connectivity index (χ2v) is 8.64. The first-order chi connectivity index (χ1) is 14.4. The Hall–Kier alpha value is -2.41. The van der Waals surface area contributed by atoms with Crippen LogP contribution in [0.3, 0.4) is 0 Å². The van der Waals surface area contributed by atoms with Crippen LogP contribution in [0.2, 0.25) is 0 Å². The molecule has 3 amide bonds. The van der Waals surface area contributed by atoms with Crippen molar-refractivity contribution >= 4 is 17.7 Å². The average Bonchev–Trinajstić information content (AvgIpc) is 3.23. The molecule has 7 heteroatoms. The summed E-state index contributed by atoms with van der Waals surface area (Å²) in [6.45, 7) is 9.06. The van der Waals surface area contributed by atoms with E-state index in [0.717, 1.165) is 37.2 Å². The van der Waals surface area contributed by atoms with Crippen LogP contribution in [0.1, 0.15) is 62.4 Å². The summed E-state index contributed by atoms with van der Waals surface area (Å²) in [6.07, 6.45) is 2.96. The van der Waals surface area contributed by atoms with Gasteiger partial charge in [0.05, 0.1) is 0 Å². The van der Waals surface area contributed by atoms with Crippen LogP contribution in [0.5, 0.6) is 5.75 Å². The third-order valence-electron chi connectivity index (χ3n) is 6.89. The Kier molecular flexibility index (Phi) is 5.82. The van der Waals surface area contributed by atoms with E-state index in [1.807, 2.05) is 18.2 Å². The number of imide groups is 1. The molecule has 2 fully saturated rings. The van der Waals surface area contributed by atoms with Crippen molar-refractivity contribution in [3.05, 3.63) is 29.3 Å². The fourth-order valence-electron chi connectivity index (χ4n) is 5.30. The molecule has 7 nitrogen and oxygen atoms in total. The van der Waals surface area contributed by atoms with E-state index in [1.165, 1.54) is 0 Å². The Balaban J connectivity index is 1.49. The summed E-state index contributed by atoms with van der Waals surface area (Å²) in [7, 11) is 0. The van der Waals surface area contributed by atoms with Crippen molar-refractivity contribution in [1.29, 1.82) is 0 Å². The van der Waals surface area contributed by atoms with Gasteiger partial charge in [-0.3, -0.25) is 24.6 Å². The highest BCUT2D eigenvalue weighted by atomic mass is 16.5. The first kappa shape index (κ1) is 20.8. The predicted octanol–water partition coefficient (Wildman–Crippen LogP) is 2.34. The van der Waals surface area contributed by atoms with E-state index in [4.69, 9.17) is 4.74 Å². The third-order valence-corrected chi connectivity index (χ3v) is 6.89. The highest BCUT2D eigenvalue weighted by molar-refractivity contribution is 6.05. The number of rotatable bonds is 6. The summed E-state index contributed by atoms with van der Waals surface area (Å²) in [5.41, 5.74) is 1.50. The summed E-state index contributed by atoms with van der Waals surface area (Å²) in [5.74, 6) is 0.564. The number of carbonyl (C=O) groups is 3. The molecule has 0 aromatic heterocycles. The van der Waals surface area contributed by atoms with Gasteiger partial charge < -0.3 is 9.64 Å². The van der Waals surface area contributed by atoms with Gasteiger partial charge in [-0.25, -0.2) is 0 Å². The van der Waals surface area contributed by atoms with Crippen LogP contribution in [0.25, 0.3) is 0 Å². The Morgan fingerprint density at radius 3 is 2.60 bits per heavy atom. The SMILES string of the molecule is CCN(CC)C1C(C)CCC1Oc1ccc2c(c1)CN(C1CCC(=O)NC1=O)C2=O. The Morgan fingerprint density at radius 2 is 1.90 bits per heavy atom. The number of piperidine rings is 1. The molecule has 1 saturated carbocycles. The number of hydrogen-bond donors (Lipinski definition) is 1. The molecular formula is C23H31N3O4. The maximum atomic E-state index is 12.9. The van der Waals surface area contributed by atoms with Crippen LogP contribution in [-0.4, -0.2) is 58.8 Å². The van der Waals surface area contributed by atoms with Gasteiger partial charge in [-0.2, -0.15) is 0 Å². The molecule has 0 radical (unpaired) electrons. The molecule has 1 aromatic carbocycles. The van der Waals surface area contributed by atoms with Gasteiger partial charge in [0.25, 0.3) is 5.91 Å². The third kappa shape index (κ3) is 3.71. The minimum Gasteiger partial charge on any atom is -0.489 e. The van der Waals surface area contributed by atoms with Gasteiger partial charge >= 0.3 is 0 Å². The number of benzene rings is 1. The van der Waals surface area contributed by atoms with E-state index in [1.54, 1.807) is 4.90 Å². The summed E-state index contributed by atoms with van der Waals surface area (Å²) >= 11 is 0. The Bertz CT molecular complexity index is 851. The Labute approximate surface area is 177 Å². The molecule has 1 aromatic rings. The maximum absolute atomic E-state index is 12.9. The number of carbonyl (C=O) groups excluding carboxylic acids is 3. The van der Waals surface area contributed by atoms with Crippen molar-refractivity contribution in [3.63, 3.8) is 0 Å². The smallest absolute Gasteiger partial charge is 0.255 e. The molecule has 4 rings (SSSR count). The molecule has 1 N–H and O–H groups in total. The molecule has 162 valence electrons. The Morgan fingerprint density at radius 1 is 1.13 bits per heavy atom. The number of ether oxygens (including phenoxy) is 1. The van der Waals surface area contributed by atoms with Crippen LogP contribution in [0.4, 0.5) is 0 Å². The van der Waals surface area contributed by atoms with Crippen LogP contribution in [0.15, 0.2) is 18.2 Å². The quantitative estimate of drug-likeness (QED) is 0.724. The van der Waals surface area contributed by atoms with E-state index < -0.39 is 6.04 Å². The number of hydrogen-bond acceptors (Lipinski definition) is 5. The molecule has 2 heterocycles. The molecule has 1 aliphatic carbocycles. The minimum absolute atomic E-state index is 0.140. The van der Waals surface area contributed by atoms with Gasteiger partial charge in [0.15, 0.2) is 0 Å². The highest BCUT2D eigenvalue weighted by Gasteiger charge is 2.40. The molecule has 1 saturated heterocycles. The summed E-state index contributed by atoms with van der Waals surface area (Å²) < 4.78 is 6.42. The molecule has 4 atom stereocenters. The number of nitrogens with zero attached hydrogens (tertiary/aromatic N) is 2. The minimum atomic E-state index is -0.588. The lowest BCUT2D eigenvalue weighted by atomic mass is 10.0. The lowest BCUT2D eigenvalue weighted by Crippen LogP contribution is -2.52. The average molecular weight is 414 g/mol. The molecule has 2 aliphatic heterocycles. The van der Waals surface area contributed by atoms with Gasteiger partial charge in [-0.15, -0.1) is 0 Å². The summed E-state index contributed by atoms with van der Waals surface area (Å²) in [4.78, 5) is 40.6. The van der Waals surface area contributed by atoms with Gasteiger partial charge in [0.2, 0.25) is 11.8 Å². The van der Waals surface area contributed by atoms with Gasteiger partial charge in [-0.1, -0.05) is 20.8 Å². The van der Waals surface area contributed by atoms with Crippen molar-refractivity contribution < 1.29 is 19.1 Å². The molecular weight excluding hydrogens is 382 g/mol.